The number of carbonyl (C=O) groups excluding carboxylic acids is 1. The van der Waals surface area contributed by atoms with Crippen molar-refractivity contribution in [3.05, 3.63) is 0 Å². The van der Waals surface area contributed by atoms with Crippen LogP contribution in [0, 0.1) is 0 Å². The second kappa shape index (κ2) is 27.9. The first-order valence-electron chi connectivity index (χ1n) is 17.9. The van der Waals surface area contributed by atoms with E-state index in [4.69, 9.17) is 6.11 Å². The van der Waals surface area contributed by atoms with Gasteiger partial charge in [0.15, 0.2) is 11.4 Å². The van der Waals surface area contributed by atoms with E-state index in [1.165, 1.54) is 89.9 Å². The van der Waals surface area contributed by atoms with Gasteiger partial charge in [-0.25, -0.2) is 0 Å². The van der Waals surface area contributed by atoms with Crippen LogP contribution in [-0.2, 0) is 9.53 Å². The Kier molecular flexibility index (Phi) is 26.2. The highest BCUT2D eigenvalue weighted by molar-refractivity contribution is 5.89. The molecule has 0 aliphatic heterocycles. The zero-order valence-electron chi connectivity index (χ0n) is 28.1. The van der Waals surface area contributed by atoms with Crippen molar-refractivity contribution < 1.29 is 41.5 Å². The molecule has 2 unspecified atom stereocenters. The van der Waals surface area contributed by atoms with E-state index in [9.17, 15) is 35.4 Å². The van der Waals surface area contributed by atoms with Crippen molar-refractivity contribution in [1.82, 2.24) is 0 Å². The molecule has 0 spiro atoms. The first-order valence-corrected chi connectivity index (χ1v) is 17.3. The highest BCUT2D eigenvalue weighted by Gasteiger charge is 2.51. The minimum absolute atomic E-state index is 0.352. The van der Waals surface area contributed by atoms with Crippen LogP contribution in [0.2, 0.25) is 0 Å². The summed E-state index contributed by atoms with van der Waals surface area (Å²) in [6, 6.07) is 0. The van der Waals surface area contributed by atoms with Crippen LogP contribution in [0.5, 0.6) is 0 Å². The van der Waals surface area contributed by atoms with Gasteiger partial charge >= 0.3 is 0 Å². The molecule has 0 aliphatic rings. The Bertz CT molecular complexity index is 640. The highest BCUT2D eigenvalue weighted by atomic mass is 16.5. The average molecular weight is 606 g/mol. The van der Waals surface area contributed by atoms with Gasteiger partial charge in [-0.2, -0.15) is 0 Å². The largest absolute Gasteiger partial charge is 0.394 e. The summed E-state index contributed by atoms with van der Waals surface area (Å²) in [7, 11) is 0. The van der Waals surface area contributed by atoms with Crippen LogP contribution in [0.25, 0.3) is 0 Å². The average Bonchev–Trinajstić information content (AvgIpc) is 3.02. The number of unbranched alkanes of at least 4 members (excludes halogenated alkanes) is 19. The second-order valence-electron chi connectivity index (χ2n) is 12.2. The fourth-order valence-electron chi connectivity index (χ4n) is 5.39. The predicted octanol–water partition coefficient (Wildman–Crippen LogP) is 5.75. The number of hydrogen-bond donors (Lipinski definition) is 6. The van der Waals surface area contributed by atoms with Gasteiger partial charge in [-0.3, -0.25) is 4.79 Å². The first kappa shape index (κ1) is 39.4. The number of hydrogen-bond acceptors (Lipinski definition) is 8. The third kappa shape index (κ3) is 18.9. The molecule has 6 N–H and O–H groups in total. The van der Waals surface area contributed by atoms with Gasteiger partial charge in [-0.1, -0.05) is 142 Å². The van der Waals surface area contributed by atoms with Gasteiger partial charge in [0.1, 0.15) is 18.3 Å². The van der Waals surface area contributed by atoms with E-state index in [-0.39, 0.29) is 0 Å². The van der Waals surface area contributed by atoms with E-state index < -0.39 is 55.4 Å². The van der Waals surface area contributed by atoms with E-state index in [1.54, 1.807) is 0 Å². The molecule has 0 aromatic heterocycles. The van der Waals surface area contributed by atoms with E-state index in [1.807, 2.05) is 0 Å². The zero-order valence-corrected chi connectivity index (χ0v) is 27.1. The third-order valence-electron chi connectivity index (χ3n) is 8.34. The smallest absolute Gasteiger partial charge is 0.179 e. The molecular formula is C34H68O8. The lowest BCUT2D eigenvalue weighted by Gasteiger charge is -2.37. The molecule has 0 aliphatic carbocycles. The molecule has 252 valence electrons. The lowest BCUT2D eigenvalue weighted by molar-refractivity contribution is -0.197. The first-order chi connectivity index (χ1) is 20.7. The number of ether oxygens (including phenoxy) is 1. The van der Waals surface area contributed by atoms with Crippen LogP contribution < -0.4 is 0 Å². The topological polar surface area (TPSA) is 148 Å². The summed E-state index contributed by atoms with van der Waals surface area (Å²) in [4.78, 5) is 13.3. The quantitative estimate of drug-likeness (QED) is 0.0531. The van der Waals surface area contributed by atoms with Gasteiger partial charge in [-0.15, -0.1) is 0 Å². The Morgan fingerprint density at radius 3 is 1.48 bits per heavy atom. The van der Waals surface area contributed by atoms with Gasteiger partial charge in [0.05, 0.1) is 19.3 Å². The van der Waals surface area contributed by atoms with Crippen molar-refractivity contribution in [2.24, 2.45) is 0 Å². The van der Waals surface area contributed by atoms with Crippen molar-refractivity contribution in [1.29, 1.82) is 0 Å². The Labute approximate surface area is 258 Å². The van der Waals surface area contributed by atoms with Crippen LogP contribution >= 0.6 is 0 Å². The monoisotopic (exact) mass is 605 g/mol. The number of aliphatic hydroxyl groups is 6. The molecule has 0 amide bonds. The maximum Gasteiger partial charge on any atom is 0.179 e. The highest BCUT2D eigenvalue weighted by Crippen LogP contribution is 2.25. The van der Waals surface area contributed by atoms with Crippen LogP contribution in [0.1, 0.15) is 163 Å². The second-order valence-corrected chi connectivity index (χ2v) is 12.2. The molecule has 8 nitrogen and oxygen atoms in total. The molecule has 0 rings (SSSR count). The third-order valence-corrected chi connectivity index (χ3v) is 8.34. The number of Topliss-reactive ketones (excluding diaryl/α,β-unsaturated/α-hetero) is 1. The Balaban J connectivity index is 4.90. The minimum Gasteiger partial charge on any atom is -0.394 e. The normalized spacial score (nSPS) is 17.3. The fraction of sp³-hybridized carbons (Fsp3) is 0.971. The maximum atomic E-state index is 13.3. The van der Waals surface area contributed by atoms with E-state index >= 15 is 0 Å². The Hall–Kier alpha value is -0.610. The van der Waals surface area contributed by atoms with E-state index in [0.717, 1.165) is 44.9 Å². The molecule has 42 heavy (non-hydrogen) atoms. The number of carbonyl (C=O) groups is 1. The van der Waals surface area contributed by atoms with Gasteiger partial charge in [0.25, 0.3) is 0 Å². The summed E-state index contributed by atoms with van der Waals surface area (Å²) >= 11 is 0. The van der Waals surface area contributed by atoms with E-state index in [0.29, 0.717) is 13.0 Å². The molecule has 0 bridgehead atoms. The molecule has 0 aromatic rings. The summed E-state index contributed by atoms with van der Waals surface area (Å²) in [5.74, 6) is -1.25. The molecule has 0 fully saturated rings. The summed E-state index contributed by atoms with van der Waals surface area (Å²) < 4.78 is 14.6. The minimum atomic E-state index is -3.03. The molecule has 0 saturated heterocycles. The fourth-order valence-corrected chi connectivity index (χ4v) is 5.39. The van der Waals surface area contributed by atoms with Crippen molar-refractivity contribution >= 4 is 5.78 Å². The zero-order chi connectivity index (χ0) is 32.3. The van der Waals surface area contributed by atoms with Crippen molar-refractivity contribution in [2.75, 3.05) is 19.8 Å². The predicted molar refractivity (Wildman–Crippen MR) is 169 cm³/mol. The lowest BCUT2D eigenvalue weighted by Crippen LogP contribution is -2.63. The Morgan fingerprint density at radius 2 is 1.07 bits per heavy atom. The van der Waals surface area contributed by atoms with Crippen LogP contribution in [0.3, 0.4) is 0 Å². The standard InChI is InChI=1S/C34H68O8/c1-3-5-7-9-11-13-14-15-17-19-21-23-25-42-29(24-22-20-18-16-12-10-8-6-4-2)26-31(38)34(41,32(39)28-36)33(40)30(37)27-35/h29-30,32-33,35-37,39-41H,3-28H2,1-2H3/t29?,30-,32+,33-,34-/m1/s1/i26D/t26?,29?,30-,32+,33-,34-. The molecule has 0 heterocycles. The summed E-state index contributed by atoms with van der Waals surface area (Å²) in [5.41, 5.74) is -3.03. The van der Waals surface area contributed by atoms with Gasteiger partial charge in [0, 0.05) is 14.4 Å². The molecular weight excluding hydrogens is 536 g/mol. The van der Waals surface area contributed by atoms with Crippen LogP contribution in [0.15, 0.2) is 0 Å². The van der Waals surface area contributed by atoms with Crippen molar-refractivity contribution in [2.45, 2.75) is 192 Å². The number of aliphatic hydroxyl groups excluding tert-OH is 5. The van der Waals surface area contributed by atoms with E-state index in [2.05, 4.69) is 13.8 Å². The van der Waals surface area contributed by atoms with Crippen molar-refractivity contribution in [3.8, 4) is 0 Å². The molecule has 8 heteroatoms. The van der Waals surface area contributed by atoms with Crippen LogP contribution in [0.4, 0.5) is 0 Å². The Morgan fingerprint density at radius 1 is 0.667 bits per heavy atom. The molecule has 0 saturated carbocycles. The SMILES string of the molecule is [2H]C(C(=O)[C@](O)([C@H](O)[C@H](O)CO)[C@@H](O)CO)C(CCCCCCCCCCC)OCCCCCCCCCCCCCC. The van der Waals surface area contributed by atoms with Gasteiger partial charge in [-0.05, 0) is 12.8 Å². The number of ketones is 1. The maximum absolute atomic E-state index is 13.3. The summed E-state index contributed by atoms with van der Waals surface area (Å²) in [5, 5.41) is 60.3. The molecule has 6 atom stereocenters. The summed E-state index contributed by atoms with van der Waals surface area (Å²) in [6.45, 7) is 2.73. The van der Waals surface area contributed by atoms with Gasteiger partial charge < -0.3 is 35.4 Å². The van der Waals surface area contributed by atoms with Gasteiger partial charge in [0.2, 0.25) is 0 Å². The lowest BCUT2D eigenvalue weighted by atomic mass is 9.81. The number of rotatable bonds is 32. The van der Waals surface area contributed by atoms with Crippen LogP contribution in [-0.4, -0.2) is 86.3 Å². The van der Waals surface area contributed by atoms with Crippen molar-refractivity contribution in [3.63, 3.8) is 0 Å². The molecule has 0 aromatic carbocycles. The molecule has 0 radical (unpaired) electrons. The summed E-state index contributed by atoms with van der Waals surface area (Å²) in [6.07, 6.45) is 15.9.